The van der Waals surface area contributed by atoms with Crippen LogP contribution in [0.15, 0.2) is 97.2 Å². The van der Waals surface area contributed by atoms with E-state index in [-0.39, 0.29) is 49.1 Å². The average molecular weight is 837 g/mol. The van der Waals surface area contributed by atoms with Crippen LogP contribution >= 0.6 is 0 Å². The van der Waals surface area contributed by atoms with Gasteiger partial charge in [0.1, 0.15) is 6.61 Å². The van der Waals surface area contributed by atoms with Crippen molar-refractivity contribution >= 4 is 17.9 Å². The van der Waals surface area contributed by atoms with E-state index in [4.69, 9.17) is 14.2 Å². The van der Waals surface area contributed by atoms with Gasteiger partial charge in [-0.2, -0.15) is 0 Å². The Bertz CT molecular complexity index is 1300. The van der Waals surface area contributed by atoms with E-state index < -0.39 is 18.1 Å². The lowest BCUT2D eigenvalue weighted by molar-refractivity contribution is -0.887. The van der Waals surface area contributed by atoms with Crippen molar-refractivity contribution < 1.29 is 38.2 Å². The summed E-state index contributed by atoms with van der Waals surface area (Å²) >= 11 is 0. The van der Waals surface area contributed by atoms with E-state index in [1.54, 1.807) is 0 Å². The maximum Gasteiger partial charge on any atom is 0.362 e. The third kappa shape index (κ3) is 39.7. The van der Waals surface area contributed by atoms with Gasteiger partial charge < -0.3 is 23.8 Å². The first kappa shape index (κ1) is 56.2. The first-order chi connectivity index (χ1) is 29.1. The van der Waals surface area contributed by atoms with Crippen molar-refractivity contribution in [1.82, 2.24) is 0 Å². The number of carbonyl (C=O) groups is 3. The number of rotatable bonds is 40. The van der Waals surface area contributed by atoms with E-state index in [9.17, 15) is 19.5 Å². The summed E-state index contributed by atoms with van der Waals surface area (Å²) in [5.41, 5.74) is 0. The van der Waals surface area contributed by atoms with Gasteiger partial charge in [-0.3, -0.25) is 9.59 Å². The number of carbonyl (C=O) groups excluding carboxylic acids is 2. The van der Waals surface area contributed by atoms with E-state index >= 15 is 0 Å². The normalized spacial score (nSPS) is 13.8. The minimum atomic E-state index is -0.890. The number of hydrogen-bond donors (Lipinski definition) is 1. The van der Waals surface area contributed by atoms with Crippen molar-refractivity contribution in [3.05, 3.63) is 97.2 Å². The molecule has 0 aliphatic rings. The fourth-order valence-corrected chi connectivity index (χ4v) is 6.15. The standard InChI is InChI=1S/C52H85NO7/c1-6-8-10-12-14-16-18-20-21-22-23-24-25-26-27-28-29-31-33-35-37-39-41-43-51(55)60-48(46-58-45-44-49(52(56)57)53(3,4)5)47-59-50(54)42-40-38-36-34-32-30-19-17-15-13-11-9-7-2/h8,10,14,16,20-21,23-24,26-27,29-32,36,38,48-49H,6-7,9,11-13,15,17-19,22,25,28,33-35,37,39-47H2,1-5H3/p+1/b10-8+,16-14+,21-20+,24-23+,27-26+,31-29+,32-30+,38-36+. The van der Waals surface area contributed by atoms with E-state index in [2.05, 4.69) is 105 Å². The molecule has 0 aliphatic heterocycles. The second-order valence-corrected chi connectivity index (χ2v) is 16.3. The van der Waals surface area contributed by atoms with Gasteiger partial charge in [0.25, 0.3) is 0 Å². The number of carboxylic acids is 1. The number of carboxylic acid groups (broad SMARTS) is 1. The zero-order chi connectivity index (χ0) is 44.2. The molecule has 0 rings (SSSR count). The second kappa shape index (κ2) is 42.0. The second-order valence-electron chi connectivity index (χ2n) is 16.3. The molecule has 0 aliphatic carbocycles. The molecule has 2 atom stereocenters. The summed E-state index contributed by atoms with van der Waals surface area (Å²) in [4.78, 5) is 37.0. The van der Waals surface area contributed by atoms with Crippen LogP contribution in [0, 0.1) is 0 Å². The molecular formula is C52H86NO7+. The van der Waals surface area contributed by atoms with Gasteiger partial charge in [0.15, 0.2) is 12.1 Å². The third-order valence-corrected chi connectivity index (χ3v) is 9.73. The number of allylic oxidation sites excluding steroid dienone is 16. The fourth-order valence-electron chi connectivity index (χ4n) is 6.15. The van der Waals surface area contributed by atoms with Crippen molar-refractivity contribution in [2.75, 3.05) is 41.0 Å². The lowest BCUT2D eigenvalue weighted by Gasteiger charge is -2.31. The largest absolute Gasteiger partial charge is 0.477 e. The van der Waals surface area contributed by atoms with Gasteiger partial charge in [0.05, 0.1) is 34.4 Å². The molecule has 0 saturated heterocycles. The summed E-state index contributed by atoms with van der Waals surface area (Å²) in [6.45, 7) is 4.50. The Hall–Kier alpha value is -3.75. The first-order valence-corrected chi connectivity index (χ1v) is 23.3. The molecule has 0 heterocycles. The number of aliphatic carboxylic acids is 1. The van der Waals surface area contributed by atoms with E-state index in [0.717, 1.165) is 83.5 Å². The summed E-state index contributed by atoms with van der Waals surface area (Å²) in [7, 11) is 5.49. The average Bonchev–Trinajstić information content (AvgIpc) is 3.21. The van der Waals surface area contributed by atoms with Crippen molar-refractivity contribution in [1.29, 1.82) is 0 Å². The molecule has 0 aromatic heterocycles. The number of hydrogen-bond acceptors (Lipinski definition) is 6. The van der Waals surface area contributed by atoms with Gasteiger partial charge >= 0.3 is 17.9 Å². The van der Waals surface area contributed by atoms with Crippen LogP contribution in [0.5, 0.6) is 0 Å². The molecule has 8 nitrogen and oxygen atoms in total. The molecule has 0 fully saturated rings. The van der Waals surface area contributed by atoms with E-state index in [1.165, 1.54) is 38.5 Å². The summed E-state index contributed by atoms with van der Waals surface area (Å²) in [5.74, 6) is -1.60. The van der Waals surface area contributed by atoms with Gasteiger partial charge in [0, 0.05) is 19.3 Å². The molecule has 60 heavy (non-hydrogen) atoms. The van der Waals surface area contributed by atoms with Crippen molar-refractivity contribution in [2.24, 2.45) is 0 Å². The monoisotopic (exact) mass is 837 g/mol. The Balaban J connectivity index is 4.43. The molecule has 0 spiro atoms. The maximum absolute atomic E-state index is 12.7. The first-order valence-electron chi connectivity index (χ1n) is 23.3. The van der Waals surface area contributed by atoms with E-state index in [1.807, 2.05) is 27.2 Å². The molecule has 8 heteroatoms. The summed E-state index contributed by atoms with van der Waals surface area (Å²) in [5, 5.41) is 9.63. The lowest BCUT2D eigenvalue weighted by Crippen LogP contribution is -2.50. The quantitative estimate of drug-likeness (QED) is 0.0284. The zero-order valence-corrected chi connectivity index (χ0v) is 38.6. The Morgan fingerprint density at radius 2 is 0.967 bits per heavy atom. The predicted octanol–water partition coefficient (Wildman–Crippen LogP) is 13.1. The van der Waals surface area contributed by atoms with Crippen LogP contribution in [0.1, 0.15) is 162 Å². The summed E-state index contributed by atoms with van der Waals surface area (Å²) in [6, 6.07) is -0.632. The minimum absolute atomic E-state index is 0.0272. The highest BCUT2D eigenvalue weighted by molar-refractivity contribution is 5.72. The Labute approximate surface area is 366 Å². The van der Waals surface area contributed by atoms with Gasteiger partial charge in [-0.1, -0.05) is 156 Å². The molecule has 340 valence electrons. The van der Waals surface area contributed by atoms with Crippen LogP contribution in [0.3, 0.4) is 0 Å². The number of quaternary nitrogens is 1. The summed E-state index contributed by atoms with van der Waals surface area (Å²) in [6.07, 6.45) is 56.1. The topological polar surface area (TPSA) is 99.1 Å². The molecule has 0 amide bonds. The SMILES string of the molecule is CC/C=C/C/C=C/C/C=C/C/C=C/C/C=C/C/C=C/CCCCCCC(=O)OC(COCCC(C(=O)O)[N+](C)(C)C)COC(=O)CC/C=C/C/C=C/CCCCCCCC. The van der Waals surface area contributed by atoms with Crippen LogP contribution in [0.25, 0.3) is 0 Å². The highest BCUT2D eigenvalue weighted by Crippen LogP contribution is 2.12. The van der Waals surface area contributed by atoms with Crippen molar-refractivity contribution in [2.45, 2.75) is 174 Å². The van der Waals surface area contributed by atoms with Crippen molar-refractivity contribution in [3.8, 4) is 0 Å². The van der Waals surface area contributed by atoms with Crippen LogP contribution in [0.2, 0.25) is 0 Å². The molecule has 0 aromatic rings. The van der Waals surface area contributed by atoms with Gasteiger partial charge in [-0.05, 0) is 83.5 Å². The third-order valence-electron chi connectivity index (χ3n) is 9.73. The maximum atomic E-state index is 12.7. The van der Waals surface area contributed by atoms with Crippen LogP contribution in [0.4, 0.5) is 0 Å². The fraction of sp³-hybridized carbons (Fsp3) is 0.635. The Morgan fingerprint density at radius 3 is 1.45 bits per heavy atom. The minimum Gasteiger partial charge on any atom is -0.477 e. The molecule has 2 unspecified atom stereocenters. The van der Waals surface area contributed by atoms with E-state index in [0.29, 0.717) is 12.8 Å². The highest BCUT2D eigenvalue weighted by Gasteiger charge is 2.31. The number of esters is 2. The van der Waals surface area contributed by atoms with Crippen LogP contribution in [-0.4, -0.2) is 80.6 Å². The smallest absolute Gasteiger partial charge is 0.362 e. The van der Waals surface area contributed by atoms with Gasteiger partial charge in [-0.25, -0.2) is 4.79 Å². The van der Waals surface area contributed by atoms with Crippen molar-refractivity contribution in [3.63, 3.8) is 0 Å². The number of ether oxygens (including phenoxy) is 3. The number of likely N-dealkylation sites (N-methyl/N-ethyl adjacent to an activating group) is 1. The molecule has 0 saturated carbocycles. The molecule has 0 bridgehead atoms. The number of nitrogens with zero attached hydrogens (tertiary/aromatic N) is 1. The Kier molecular flexibility index (Phi) is 39.3. The van der Waals surface area contributed by atoms with Gasteiger partial charge in [-0.15, -0.1) is 0 Å². The molecule has 0 aromatic carbocycles. The highest BCUT2D eigenvalue weighted by atomic mass is 16.6. The molecule has 1 N–H and O–H groups in total. The Morgan fingerprint density at radius 1 is 0.517 bits per heavy atom. The molecule has 0 radical (unpaired) electrons. The molecular weight excluding hydrogens is 751 g/mol. The van der Waals surface area contributed by atoms with Gasteiger partial charge in [0.2, 0.25) is 0 Å². The van der Waals surface area contributed by atoms with Crippen LogP contribution < -0.4 is 0 Å². The summed E-state index contributed by atoms with van der Waals surface area (Å²) < 4.78 is 17.2. The zero-order valence-electron chi connectivity index (χ0n) is 38.6. The predicted molar refractivity (Wildman–Crippen MR) is 252 cm³/mol. The lowest BCUT2D eigenvalue weighted by atomic mass is 10.1. The number of unbranched alkanes of at least 4 members (excludes halogenated alkanes) is 10. The van der Waals surface area contributed by atoms with Crippen LogP contribution in [-0.2, 0) is 28.6 Å².